The Morgan fingerprint density at radius 2 is 1.95 bits per heavy atom. The van der Waals surface area contributed by atoms with Gasteiger partial charge in [0, 0.05) is 17.8 Å². The predicted molar refractivity (Wildman–Crippen MR) is 76.6 cm³/mol. The molecule has 0 unspecified atom stereocenters. The average molecular weight is 276 g/mol. The van der Waals surface area contributed by atoms with Crippen molar-refractivity contribution >= 4 is 17.5 Å². The molecule has 0 aromatic heterocycles. The van der Waals surface area contributed by atoms with Gasteiger partial charge in [-0.2, -0.15) is 0 Å². The summed E-state index contributed by atoms with van der Waals surface area (Å²) in [6.45, 7) is 3.25. The molecule has 1 aromatic carbocycles. The maximum absolute atomic E-state index is 12.3. The minimum absolute atomic E-state index is 0.236. The van der Waals surface area contributed by atoms with E-state index in [1.165, 1.54) is 0 Å². The number of ether oxygens (including phenoxy) is 1. The zero-order valence-electron chi connectivity index (χ0n) is 12.0. The molecule has 0 radical (unpaired) electrons. The first-order chi connectivity index (χ1) is 9.43. The Kier molecular flexibility index (Phi) is 3.97. The normalized spacial score (nSPS) is 14.6. The number of carbonyl (C=O) groups is 2. The molecule has 1 aromatic rings. The van der Waals surface area contributed by atoms with E-state index < -0.39 is 5.41 Å². The third kappa shape index (κ3) is 3.29. The fourth-order valence-electron chi connectivity index (χ4n) is 1.68. The molecule has 5 heteroatoms. The van der Waals surface area contributed by atoms with Gasteiger partial charge in [-0.25, -0.2) is 0 Å². The summed E-state index contributed by atoms with van der Waals surface area (Å²) in [5.41, 5.74) is -0.493. The van der Waals surface area contributed by atoms with Crippen LogP contribution in [0.5, 0.6) is 5.75 Å². The van der Waals surface area contributed by atoms with Crippen LogP contribution in [0.2, 0.25) is 0 Å². The molecule has 0 saturated heterocycles. The smallest absolute Gasteiger partial charge is 0.239 e. The summed E-state index contributed by atoms with van der Waals surface area (Å²) in [5, 5.41) is 5.61. The summed E-state index contributed by atoms with van der Waals surface area (Å²) in [7, 11) is 1.56. The van der Waals surface area contributed by atoms with Gasteiger partial charge in [-0.05, 0) is 38.8 Å². The van der Waals surface area contributed by atoms with Gasteiger partial charge in [-0.3, -0.25) is 9.59 Å². The lowest BCUT2D eigenvalue weighted by molar-refractivity contribution is -0.138. The first-order valence-electron chi connectivity index (χ1n) is 6.70. The Morgan fingerprint density at radius 1 is 1.25 bits per heavy atom. The molecule has 1 fully saturated rings. The molecular weight excluding hydrogens is 256 g/mol. The van der Waals surface area contributed by atoms with Gasteiger partial charge in [0.2, 0.25) is 11.8 Å². The van der Waals surface area contributed by atoms with Crippen molar-refractivity contribution in [3.05, 3.63) is 24.3 Å². The molecule has 2 N–H and O–H groups in total. The molecule has 0 spiro atoms. The van der Waals surface area contributed by atoms with Crippen LogP contribution >= 0.6 is 0 Å². The number of methoxy groups -OCH3 is 1. The monoisotopic (exact) mass is 276 g/mol. The van der Waals surface area contributed by atoms with Crippen LogP contribution < -0.4 is 15.4 Å². The highest BCUT2D eigenvalue weighted by Crippen LogP contribution is 2.25. The van der Waals surface area contributed by atoms with Gasteiger partial charge in [0.1, 0.15) is 11.2 Å². The maximum Gasteiger partial charge on any atom is 0.239 e. The Hall–Kier alpha value is -2.04. The largest absolute Gasteiger partial charge is 0.497 e. The molecule has 108 valence electrons. The molecule has 0 heterocycles. The Morgan fingerprint density at radius 3 is 2.55 bits per heavy atom. The number of anilines is 1. The number of hydrogen-bond donors (Lipinski definition) is 2. The van der Waals surface area contributed by atoms with E-state index in [0.717, 1.165) is 12.8 Å². The van der Waals surface area contributed by atoms with Crippen molar-refractivity contribution in [2.75, 3.05) is 12.4 Å². The van der Waals surface area contributed by atoms with Gasteiger partial charge in [-0.1, -0.05) is 6.07 Å². The van der Waals surface area contributed by atoms with Gasteiger partial charge in [-0.15, -0.1) is 0 Å². The van der Waals surface area contributed by atoms with E-state index >= 15 is 0 Å². The predicted octanol–water partition coefficient (Wildman–Crippen LogP) is 1.94. The van der Waals surface area contributed by atoms with E-state index in [1.54, 1.807) is 45.2 Å². The highest BCUT2D eigenvalue weighted by Gasteiger charge is 2.38. The highest BCUT2D eigenvalue weighted by atomic mass is 16.5. The maximum atomic E-state index is 12.3. The second-order valence-electron chi connectivity index (χ2n) is 5.56. The summed E-state index contributed by atoms with van der Waals surface area (Å²) >= 11 is 0. The van der Waals surface area contributed by atoms with Gasteiger partial charge < -0.3 is 15.4 Å². The molecule has 1 saturated carbocycles. The van der Waals surface area contributed by atoms with Crippen molar-refractivity contribution in [2.24, 2.45) is 5.41 Å². The Bertz CT molecular complexity index is 522. The lowest BCUT2D eigenvalue weighted by atomic mass is 9.91. The fraction of sp³-hybridized carbons (Fsp3) is 0.467. The number of carbonyl (C=O) groups excluding carboxylic acids is 2. The van der Waals surface area contributed by atoms with E-state index in [0.29, 0.717) is 11.4 Å². The molecule has 20 heavy (non-hydrogen) atoms. The molecule has 2 rings (SSSR count). The van der Waals surface area contributed by atoms with Crippen molar-refractivity contribution < 1.29 is 14.3 Å². The van der Waals surface area contributed by atoms with Crippen molar-refractivity contribution in [1.29, 1.82) is 0 Å². The zero-order chi connectivity index (χ0) is 14.8. The zero-order valence-corrected chi connectivity index (χ0v) is 12.0. The first kappa shape index (κ1) is 14.4. The quantitative estimate of drug-likeness (QED) is 0.808. The van der Waals surface area contributed by atoms with Gasteiger partial charge in [0.15, 0.2) is 0 Å². The topological polar surface area (TPSA) is 67.4 Å². The van der Waals surface area contributed by atoms with Crippen LogP contribution in [0.3, 0.4) is 0 Å². The van der Waals surface area contributed by atoms with Crippen LogP contribution in [0.4, 0.5) is 5.69 Å². The first-order valence-corrected chi connectivity index (χ1v) is 6.70. The van der Waals surface area contributed by atoms with Crippen LogP contribution in [-0.2, 0) is 9.59 Å². The molecule has 1 aliphatic rings. The highest BCUT2D eigenvalue weighted by molar-refractivity contribution is 6.10. The van der Waals surface area contributed by atoms with E-state index in [2.05, 4.69) is 10.6 Å². The van der Waals surface area contributed by atoms with Crippen LogP contribution in [0.15, 0.2) is 24.3 Å². The minimum Gasteiger partial charge on any atom is -0.497 e. The van der Waals surface area contributed by atoms with Crippen LogP contribution in [0.1, 0.15) is 26.7 Å². The molecular formula is C15H20N2O3. The standard InChI is InChI=1S/C15H20N2O3/c1-15(2,13(18)16-10-7-8-10)14(19)17-11-5-4-6-12(9-11)20-3/h4-6,9-10H,7-8H2,1-3H3,(H,16,18)(H,17,19). The SMILES string of the molecule is COc1cccc(NC(=O)C(C)(C)C(=O)NC2CC2)c1. The van der Waals surface area contributed by atoms with Crippen LogP contribution in [0, 0.1) is 5.41 Å². The summed E-state index contributed by atoms with van der Waals surface area (Å²) in [4.78, 5) is 24.3. The Balaban J connectivity index is 2.03. The molecule has 2 amide bonds. The van der Waals surface area contributed by atoms with Crippen molar-refractivity contribution in [3.63, 3.8) is 0 Å². The van der Waals surface area contributed by atoms with E-state index in [-0.39, 0.29) is 17.9 Å². The third-order valence-corrected chi connectivity index (χ3v) is 3.38. The minimum atomic E-state index is -1.11. The molecule has 0 bridgehead atoms. The third-order valence-electron chi connectivity index (χ3n) is 3.38. The van der Waals surface area contributed by atoms with Gasteiger partial charge in [0.05, 0.1) is 7.11 Å². The second kappa shape index (κ2) is 5.53. The van der Waals surface area contributed by atoms with Gasteiger partial charge >= 0.3 is 0 Å². The fourth-order valence-corrected chi connectivity index (χ4v) is 1.68. The molecule has 5 nitrogen and oxygen atoms in total. The summed E-state index contributed by atoms with van der Waals surface area (Å²) in [6.07, 6.45) is 2.00. The second-order valence-corrected chi connectivity index (χ2v) is 5.56. The van der Waals surface area contributed by atoms with Crippen molar-refractivity contribution in [2.45, 2.75) is 32.7 Å². The summed E-state index contributed by atoms with van der Waals surface area (Å²) in [6, 6.07) is 7.29. The average Bonchev–Trinajstić information content (AvgIpc) is 3.22. The number of hydrogen-bond acceptors (Lipinski definition) is 3. The van der Waals surface area contributed by atoms with Gasteiger partial charge in [0.25, 0.3) is 0 Å². The number of benzene rings is 1. The number of rotatable bonds is 5. The molecule has 1 aliphatic carbocycles. The number of amides is 2. The van der Waals surface area contributed by atoms with E-state index in [9.17, 15) is 9.59 Å². The van der Waals surface area contributed by atoms with Crippen LogP contribution in [-0.4, -0.2) is 25.0 Å². The molecule has 0 aliphatic heterocycles. The van der Waals surface area contributed by atoms with E-state index in [4.69, 9.17) is 4.74 Å². The summed E-state index contributed by atoms with van der Waals surface area (Å²) in [5.74, 6) is 0.0901. The summed E-state index contributed by atoms with van der Waals surface area (Å²) < 4.78 is 5.10. The number of nitrogens with one attached hydrogen (secondary N) is 2. The van der Waals surface area contributed by atoms with Crippen molar-refractivity contribution in [3.8, 4) is 5.75 Å². The van der Waals surface area contributed by atoms with Crippen molar-refractivity contribution in [1.82, 2.24) is 5.32 Å². The van der Waals surface area contributed by atoms with Crippen LogP contribution in [0.25, 0.3) is 0 Å². The lowest BCUT2D eigenvalue weighted by Gasteiger charge is -2.22. The molecule has 0 atom stereocenters. The van der Waals surface area contributed by atoms with E-state index in [1.807, 2.05) is 0 Å². The lowest BCUT2D eigenvalue weighted by Crippen LogP contribution is -2.45. The Labute approximate surface area is 118 Å².